The molecule has 0 aliphatic rings. The molecule has 0 heterocycles. The zero-order chi connectivity index (χ0) is 39.1. The topological polar surface area (TPSA) is 94.1 Å². The van der Waals surface area contributed by atoms with Crippen LogP contribution in [-0.2, 0) is 27.9 Å². The van der Waals surface area contributed by atoms with E-state index in [1.165, 1.54) is 109 Å². The normalized spacial score (nSPS) is 14.2. The predicted molar refractivity (Wildman–Crippen MR) is 222 cm³/mol. The van der Waals surface area contributed by atoms with Gasteiger partial charge in [0.15, 0.2) is 6.10 Å². The van der Waals surface area contributed by atoms with Crippen LogP contribution in [0.2, 0.25) is 0 Å². The highest BCUT2D eigenvalue weighted by Gasteiger charge is 2.20. The first-order chi connectivity index (χ1) is 25.6. The summed E-state index contributed by atoms with van der Waals surface area (Å²) in [6.45, 7) is 4.66. The molecule has 8 nitrogen and oxygen atoms in total. The smallest absolute Gasteiger partial charge is 0.306 e. The Morgan fingerprint density at radius 3 is 1.60 bits per heavy atom. The van der Waals surface area contributed by atoms with Crippen molar-refractivity contribution >= 4 is 13.8 Å². The van der Waals surface area contributed by atoms with Crippen molar-refractivity contribution in [3.05, 3.63) is 48.8 Å². The van der Waals surface area contributed by atoms with Crippen molar-refractivity contribution in [3.8, 4) is 0 Å². The molecule has 1 unspecified atom stereocenters. The van der Waals surface area contributed by atoms with Gasteiger partial charge in [-0.1, -0.05) is 147 Å². The minimum Gasteiger partial charge on any atom is -0.756 e. The fourth-order valence-electron chi connectivity index (χ4n) is 5.58. The van der Waals surface area contributed by atoms with Crippen LogP contribution in [0.25, 0.3) is 0 Å². The second-order valence-electron chi connectivity index (χ2n) is 15.4. The number of likely N-dealkylation sites (N-methyl/N-ethyl adjacent to an activating group) is 1. The molecule has 0 aromatic carbocycles. The average molecular weight is 768 g/mol. The molecular formula is C44H82NO7P. The number of carbonyl (C=O) groups is 1. The molecule has 0 spiro atoms. The Morgan fingerprint density at radius 1 is 0.604 bits per heavy atom. The Labute approximate surface area is 327 Å². The number of esters is 1. The van der Waals surface area contributed by atoms with Gasteiger partial charge in [-0.3, -0.25) is 9.36 Å². The van der Waals surface area contributed by atoms with Gasteiger partial charge in [0, 0.05) is 6.42 Å². The maximum atomic E-state index is 12.6. The monoisotopic (exact) mass is 768 g/mol. The third-order valence-corrected chi connectivity index (χ3v) is 9.91. The summed E-state index contributed by atoms with van der Waals surface area (Å²) in [7, 11) is 1.30. The number of phosphoric acid groups is 1. The Morgan fingerprint density at radius 2 is 1.06 bits per heavy atom. The fourth-order valence-corrected chi connectivity index (χ4v) is 6.30. The highest BCUT2D eigenvalue weighted by Crippen LogP contribution is 2.38. The van der Waals surface area contributed by atoms with Crippen LogP contribution in [0.4, 0.5) is 0 Å². The summed E-state index contributed by atoms with van der Waals surface area (Å²) in [6, 6.07) is 0. The molecule has 53 heavy (non-hydrogen) atoms. The quantitative estimate of drug-likeness (QED) is 0.0153. The van der Waals surface area contributed by atoms with Gasteiger partial charge in [0.05, 0.1) is 34.0 Å². The van der Waals surface area contributed by atoms with Gasteiger partial charge in [0.1, 0.15) is 19.8 Å². The largest absolute Gasteiger partial charge is 0.756 e. The SMILES string of the molecule is CCCCC/C=C\C/C=C\C/C=C\CCCCC(=O)O[C@H](CO/C=C\CCCCCCCCCCCCCCCC)COP(=O)([O-])OCC[N+](C)(C)C. The zero-order valence-electron chi connectivity index (χ0n) is 35.0. The Kier molecular flexibility index (Phi) is 36.0. The van der Waals surface area contributed by atoms with Gasteiger partial charge in [-0.05, 0) is 63.9 Å². The third kappa shape index (κ3) is 41.3. The molecule has 0 saturated heterocycles. The van der Waals surface area contributed by atoms with Crippen LogP contribution in [0.5, 0.6) is 0 Å². The standard InChI is InChI=1S/C44H82NO7P/c1-6-8-10-12-14-16-18-20-22-24-26-28-30-32-34-36-39-49-41-43(42-51-53(47,48)50-40-38-45(3,4)5)52-44(46)37-35-33-31-29-27-25-23-21-19-17-15-13-11-9-7-2/h15,17,21,23,27,29,36,39,43H,6-14,16,18-20,22,24-26,28,30-35,37-38,40-42H2,1-5H3/b17-15-,23-21-,29-27-,39-36-/t43-/m1/s1. The van der Waals surface area contributed by atoms with Gasteiger partial charge in [-0.2, -0.15) is 0 Å². The second kappa shape index (κ2) is 37.2. The number of rotatable bonds is 39. The number of allylic oxidation sites excluding steroid dienone is 7. The molecule has 0 rings (SSSR count). The van der Waals surface area contributed by atoms with Gasteiger partial charge < -0.3 is 27.9 Å². The van der Waals surface area contributed by atoms with Crippen molar-refractivity contribution in [2.24, 2.45) is 0 Å². The third-order valence-electron chi connectivity index (χ3n) is 8.95. The number of phosphoric ester groups is 1. The van der Waals surface area contributed by atoms with E-state index in [1.807, 2.05) is 27.2 Å². The van der Waals surface area contributed by atoms with E-state index in [0.29, 0.717) is 17.4 Å². The zero-order valence-corrected chi connectivity index (χ0v) is 35.8. The lowest BCUT2D eigenvalue weighted by molar-refractivity contribution is -0.870. The summed E-state index contributed by atoms with van der Waals surface area (Å²) < 4.78 is 34.2. The van der Waals surface area contributed by atoms with Gasteiger partial charge in [-0.25, -0.2) is 0 Å². The molecule has 310 valence electrons. The van der Waals surface area contributed by atoms with Crippen LogP contribution in [0.1, 0.15) is 174 Å². The number of quaternary nitrogens is 1. The van der Waals surface area contributed by atoms with E-state index >= 15 is 0 Å². The average Bonchev–Trinajstić information content (AvgIpc) is 3.11. The lowest BCUT2D eigenvalue weighted by atomic mass is 10.0. The fraction of sp³-hybridized carbons (Fsp3) is 0.795. The van der Waals surface area contributed by atoms with Gasteiger partial charge >= 0.3 is 5.97 Å². The Hall–Kier alpha value is -1.70. The molecule has 0 fully saturated rings. The van der Waals surface area contributed by atoms with E-state index in [1.54, 1.807) is 6.26 Å². The number of hydrogen-bond donors (Lipinski definition) is 0. The minimum absolute atomic E-state index is 0.00473. The van der Waals surface area contributed by atoms with Crippen molar-refractivity contribution in [3.63, 3.8) is 0 Å². The van der Waals surface area contributed by atoms with Crippen LogP contribution in [0.15, 0.2) is 48.8 Å². The van der Waals surface area contributed by atoms with Gasteiger partial charge in [0.2, 0.25) is 0 Å². The van der Waals surface area contributed by atoms with Crippen molar-refractivity contribution in [2.45, 2.75) is 180 Å². The molecule has 0 aromatic heterocycles. The molecule has 0 aliphatic heterocycles. The molecule has 0 saturated carbocycles. The molecule has 9 heteroatoms. The summed E-state index contributed by atoms with van der Waals surface area (Å²) in [4.78, 5) is 25.0. The lowest BCUT2D eigenvalue weighted by Crippen LogP contribution is -2.37. The lowest BCUT2D eigenvalue weighted by Gasteiger charge is -2.28. The molecule has 0 radical (unpaired) electrons. The Balaban J connectivity index is 4.37. The maximum Gasteiger partial charge on any atom is 0.306 e. The second-order valence-corrected chi connectivity index (χ2v) is 16.8. The van der Waals surface area contributed by atoms with Gasteiger partial charge in [0.25, 0.3) is 7.82 Å². The summed E-state index contributed by atoms with van der Waals surface area (Å²) in [6.07, 6.45) is 45.0. The molecule has 0 aromatic rings. The highest BCUT2D eigenvalue weighted by atomic mass is 31.2. The Bertz CT molecular complexity index is 989. The van der Waals surface area contributed by atoms with Crippen molar-refractivity contribution in [1.29, 1.82) is 0 Å². The van der Waals surface area contributed by atoms with Crippen molar-refractivity contribution in [1.82, 2.24) is 0 Å². The van der Waals surface area contributed by atoms with E-state index in [9.17, 15) is 14.3 Å². The van der Waals surface area contributed by atoms with E-state index in [0.717, 1.165) is 38.5 Å². The van der Waals surface area contributed by atoms with Crippen LogP contribution in [0, 0.1) is 0 Å². The number of carbonyl (C=O) groups excluding carboxylic acids is 1. The summed E-state index contributed by atoms with van der Waals surface area (Å²) in [5, 5.41) is 0. The number of hydrogen-bond acceptors (Lipinski definition) is 7. The summed E-state index contributed by atoms with van der Waals surface area (Å²) in [5.74, 6) is -0.394. The van der Waals surface area contributed by atoms with E-state index < -0.39 is 19.9 Å². The highest BCUT2D eigenvalue weighted by molar-refractivity contribution is 7.45. The van der Waals surface area contributed by atoms with Crippen molar-refractivity contribution < 1.29 is 37.3 Å². The maximum absolute atomic E-state index is 12.6. The molecular weight excluding hydrogens is 685 g/mol. The first kappa shape index (κ1) is 51.3. The molecule has 0 bridgehead atoms. The predicted octanol–water partition coefficient (Wildman–Crippen LogP) is 12.1. The molecule has 0 amide bonds. The number of ether oxygens (including phenoxy) is 2. The van der Waals surface area contributed by atoms with E-state index in [-0.39, 0.29) is 26.2 Å². The minimum atomic E-state index is -4.55. The first-order valence-corrected chi connectivity index (χ1v) is 22.9. The molecule has 2 atom stereocenters. The van der Waals surface area contributed by atoms with Crippen LogP contribution in [0.3, 0.4) is 0 Å². The number of unbranched alkanes of at least 4 members (excludes halogenated alkanes) is 19. The molecule has 0 N–H and O–H groups in total. The van der Waals surface area contributed by atoms with Crippen molar-refractivity contribution in [2.75, 3.05) is 47.5 Å². The van der Waals surface area contributed by atoms with E-state index in [4.69, 9.17) is 18.5 Å². The van der Waals surface area contributed by atoms with E-state index in [2.05, 4.69) is 50.3 Å². The molecule has 0 aliphatic carbocycles. The number of nitrogens with zero attached hydrogens (tertiary/aromatic N) is 1. The first-order valence-electron chi connectivity index (χ1n) is 21.4. The van der Waals surface area contributed by atoms with Crippen LogP contribution in [-0.4, -0.2) is 64.1 Å². The van der Waals surface area contributed by atoms with Crippen LogP contribution >= 0.6 is 7.82 Å². The van der Waals surface area contributed by atoms with Crippen LogP contribution < -0.4 is 4.89 Å². The van der Waals surface area contributed by atoms with Gasteiger partial charge in [-0.15, -0.1) is 0 Å². The summed E-state index contributed by atoms with van der Waals surface area (Å²) in [5.41, 5.74) is 0. The summed E-state index contributed by atoms with van der Waals surface area (Å²) >= 11 is 0.